The van der Waals surface area contributed by atoms with Crippen molar-refractivity contribution in [3.63, 3.8) is 0 Å². The van der Waals surface area contributed by atoms with Crippen LogP contribution in [0, 0.1) is 0 Å². The summed E-state index contributed by atoms with van der Waals surface area (Å²) in [7, 11) is 2.03. The Bertz CT molecular complexity index is 435. The molecule has 5 heteroatoms. The highest BCUT2D eigenvalue weighted by Gasteiger charge is 2.17. The van der Waals surface area contributed by atoms with E-state index < -0.39 is 5.60 Å². The maximum absolute atomic E-state index is 11.7. The molecule has 2 N–H and O–H groups in total. The quantitative estimate of drug-likeness (QED) is 0.813. The Morgan fingerprint density at radius 3 is 2.67 bits per heavy atom. The lowest BCUT2D eigenvalue weighted by molar-refractivity contribution is 0.0521. The molecule has 1 amide bonds. The monoisotopic (exact) mass is 295 g/mol. The number of hydrogen-bond acceptors (Lipinski definition) is 3. The Morgan fingerprint density at radius 2 is 2.14 bits per heavy atom. The molecule has 1 atom stereocenters. The van der Waals surface area contributed by atoms with Crippen molar-refractivity contribution < 1.29 is 9.53 Å². The van der Waals surface area contributed by atoms with Crippen molar-refractivity contribution in [3.8, 4) is 0 Å². The summed E-state index contributed by atoms with van der Waals surface area (Å²) in [6.07, 6.45) is 3.76. The average molecular weight is 295 g/mol. The van der Waals surface area contributed by atoms with E-state index in [1.54, 1.807) is 0 Å². The van der Waals surface area contributed by atoms with Gasteiger partial charge >= 0.3 is 6.09 Å². The van der Waals surface area contributed by atoms with Crippen molar-refractivity contribution in [1.82, 2.24) is 15.2 Å². The summed E-state index contributed by atoms with van der Waals surface area (Å²) in [6.45, 7) is 9.11. The number of aryl methyl sites for hydroxylation is 1. The lowest BCUT2D eigenvalue weighted by Gasteiger charge is -2.22. The Balaban J connectivity index is 2.39. The predicted octanol–water partition coefficient (Wildman–Crippen LogP) is 2.81. The van der Waals surface area contributed by atoms with E-state index in [4.69, 9.17) is 4.74 Å². The number of hydrogen-bond donors (Lipinski definition) is 2. The molecule has 5 nitrogen and oxygen atoms in total. The zero-order valence-electron chi connectivity index (χ0n) is 13.9. The molecule has 0 aliphatic carbocycles. The number of aromatic nitrogens is 1. The highest BCUT2D eigenvalue weighted by atomic mass is 16.6. The van der Waals surface area contributed by atoms with E-state index in [1.165, 1.54) is 5.69 Å². The van der Waals surface area contributed by atoms with Crippen LogP contribution in [-0.2, 0) is 18.3 Å². The standard InChI is InChI=1S/C16H29N3O2/c1-6-8-13(11-18-15(20)21-16(2,3)4)17-12-14-9-7-10-19(14)5/h7,9-10,13,17H,6,8,11-12H2,1-5H3,(H,18,20). The molecule has 1 unspecified atom stereocenters. The van der Waals surface area contributed by atoms with Crippen LogP contribution in [-0.4, -0.2) is 28.8 Å². The highest BCUT2D eigenvalue weighted by Crippen LogP contribution is 2.07. The van der Waals surface area contributed by atoms with E-state index in [9.17, 15) is 4.79 Å². The molecule has 0 bridgehead atoms. The van der Waals surface area contributed by atoms with E-state index in [2.05, 4.69) is 28.2 Å². The molecule has 0 saturated carbocycles. The third-order valence-corrected chi connectivity index (χ3v) is 3.15. The van der Waals surface area contributed by atoms with Gasteiger partial charge in [0.15, 0.2) is 0 Å². The normalized spacial score (nSPS) is 13.0. The maximum atomic E-state index is 11.7. The fraction of sp³-hybridized carbons (Fsp3) is 0.688. The number of rotatable bonds is 7. The van der Waals surface area contributed by atoms with Crippen molar-refractivity contribution in [2.75, 3.05) is 6.54 Å². The third kappa shape index (κ3) is 7.18. The molecule has 0 aromatic carbocycles. The van der Waals surface area contributed by atoms with Crippen molar-refractivity contribution in [2.45, 2.75) is 58.7 Å². The molecule has 21 heavy (non-hydrogen) atoms. The molecule has 0 fully saturated rings. The van der Waals surface area contributed by atoms with Gasteiger partial charge in [-0.25, -0.2) is 4.79 Å². The second-order valence-corrected chi connectivity index (χ2v) is 6.36. The number of nitrogens with one attached hydrogen (secondary N) is 2. The molecule has 1 aromatic rings. The van der Waals surface area contributed by atoms with Crippen LogP contribution >= 0.6 is 0 Å². The molecule has 0 radical (unpaired) electrons. The van der Waals surface area contributed by atoms with Crippen LogP contribution in [0.25, 0.3) is 0 Å². The third-order valence-electron chi connectivity index (χ3n) is 3.15. The molecule has 0 saturated heterocycles. The minimum atomic E-state index is -0.458. The van der Waals surface area contributed by atoms with Gasteiger partial charge in [0.05, 0.1) is 0 Å². The minimum absolute atomic E-state index is 0.248. The summed E-state index contributed by atoms with van der Waals surface area (Å²) in [5, 5.41) is 6.33. The van der Waals surface area contributed by atoms with Crippen LogP contribution in [0.2, 0.25) is 0 Å². The van der Waals surface area contributed by atoms with Gasteiger partial charge in [-0.2, -0.15) is 0 Å². The van der Waals surface area contributed by atoms with E-state index in [0.29, 0.717) is 6.54 Å². The lowest BCUT2D eigenvalue weighted by atomic mass is 10.1. The molecule has 1 aromatic heterocycles. The topological polar surface area (TPSA) is 55.3 Å². The van der Waals surface area contributed by atoms with E-state index in [0.717, 1.165) is 19.4 Å². The van der Waals surface area contributed by atoms with Crippen molar-refractivity contribution in [2.24, 2.45) is 7.05 Å². The van der Waals surface area contributed by atoms with Gasteiger partial charge in [0.1, 0.15) is 5.60 Å². The first kappa shape index (κ1) is 17.6. The Morgan fingerprint density at radius 1 is 1.43 bits per heavy atom. The predicted molar refractivity (Wildman–Crippen MR) is 85.2 cm³/mol. The van der Waals surface area contributed by atoms with Gasteiger partial charge < -0.3 is 19.9 Å². The van der Waals surface area contributed by atoms with Crippen LogP contribution in [0.1, 0.15) is 46.2 Å². The van der Waals surface area contributed by atoms with Crippen molar-refractivity contribution in [1.29, 1.82) is 0 Å². The molecule has 1 rings (SSSR count). The molecular weight excluding hydrogens is 266 g/mol. The zero-order chi connectivity index (χ0) is 15.9. The second kappa shape index (κ2) is 8.08. The molecule has 1 heterocycles. The van der Waals surface area contributed by atoms with Gasteiger partial charge in [-0.05, 0) is 39.3 Å². The van der Waals surface area contributed by atoms with Crippen molar-refractivity contribution >= 4 is 6.09 Å². The van der Waals surface area contributed by atoms with Crippen LogP contribution in [0.4, 0.5) is 4.79 Å². The number of carbonyl (C=O) groups excluding carboxylic acids is 1. The van der Waals surface area contributed by atoms with Gasteiger partial charge in [0, 0.05) is 38.1 Å². The Hall–Kier alpha value is -1.49. The minimum Gasteiger partial charge on any atom is -0.444 e. The number of amides is 1. The van der Waals surface area contributed by atoms with Crippen LogP contribution in [0.3, 0.4) is 0 Å². The van der Waals surface area contributed by atoms with Gasteiger partial charge in [-0.3, -0.25) is 0 Å². The van der Waals surface area contributed by atoms with E-state index in [1.807, 2.05) is 40.1 Å². The summed E-state index contributed by atoms with van der Waals surface area (Å²) < 4.78 is 7.35. The highest BCUT2D eigenvalue weighted by molar-refractivity contribution is 5.67. The van der Waals surface area contributed by atoms with Gasteiger partial charge in [-0.15, -0.1) is 0 Å². The summed E-state index contributed by atoms with van der Waals surface area (Å²) in [4.78, 5) is 11.7. The summed E-state index contributed by atoms with van der Waals surface area (Å²) in [5.41, 5.74) is 0.772. The molecule has 0 aliphatic rings. The first-order valence-electron chi connectivity index (χ1n) is 7.62. The van der Waals surface area contributed by atoms with Crippen LogP contribution < -0.4 is 10.6 Å². The number of carbonyl (C=O) groups is 1. The first-order chi connectivity index (χ1) is 9.81. The number of nitrogens with zero attached hydrogens (tertiary/aromatic N) is 1. The smallest absolute Gasteiger partial charge is 0.407 e. The van der Waals surface area contributed by atoms with Crippen LogP contribution in [0.5, 0.6) is 0 Å². The van der Waals surface area contributed by atoms with Gasteiger partial charge in [-0.1, -0.05) is 13.3 Å². The largest absolute Gasteiger partial charge is 0.444 e. The summed E-state index contributed by atoms with van der Waals surface area (Å²) >= 11 is 0. The summed E-state index contributed by atoms with van der Waals surface area (Å²) in [5.74, 6) is 0. The average Bonchev–Trinajstić information content (AvgIpc) is 2.76. The number of alkyl carbamates (subject to hydrolysis) is 1. The molecular formula is C16H29N3O2. The van der Waals surface area contributed by atoms with E-state index >= 15 is 0 Å². The Labute approximate surface area is 128 Å². The van der Waals surface area contributed by atoms with E-state index in [-0.39, 0.29) is 12.1 Å². The fourth-order valence-electron chi connectivity index (χ4n) is 2.07. The molecule has 0 aliphatic heterocycles. The number of ether oxygens (including phenoxy) is 1. The lowest BCUT2D eigenvalue weighted by Crippen LogP contribution is -2.42. The Kier molecular flexibility index (Phi) is 6.75. The molecule has 120 valence electrons. The van der Waals surface area contributed by atoms with Gasteiger partial charge in [0.25, 0.3) is 0 Å². The van der Waals surface area contributed by atoms with Crippen molar-refractivity contribution in [3.05, 3.63) is 24.0 Å². The van der Waals surface area contributed by atoms with Gasteiger partial charge in [0.2, 0.25) is 0 Å². The summed E-state index contributed by atoms with van der Waals surface area (Å²) in [6, 6.07) is 4.37. The first-order valence-corrected chi connectivity index (χ1v) is 7.62. The molecule has 0 spiro atoms. The second-order valence-electron chi connectivity index (χ2n) is 6.36. The SMILES string of the molecule is CCCC(CNC(=O)OC(C)(C)C)NCc1cccn1C. The maximum Gasteiger partial charge on any atom is 0.407 e. The fourth-order valence-corrected chi connectivity index (χ4v) is 2.07. The zero-order valence-corrected chi connectivity index (χ0v) is 13.9. The van der Waals surface area contributed by atoms with Crippen LogP contribution in [0.15, 0.2) is 18.3 Å².